The number of rotatable bonds is 14. The van der Waals surface area contributed by atoms with Crippen molar-refractivity contribution in [3.05, 3.63) is 65.9 Å². The number of hydrogen-bond donors (Lipinski definition) is 0. The molecule has 2 saturated heterocycles. The zero-order valence-electron chi connectivity index (χ0n) is 35.2. The molecule has 5 aromatic rings. The van der Waals surface area contributed by atoms with Gasteiger partial charge in [-0.15, -0.1) is 0 Å². The van der Waals surface area contributed by atoms with Gasteiger partial charge < -0.3 is 47.5 Å². The number of hydrogen-bond acceptors (Lipinski definition) is 12. The molecule has 316 valence electrons. The van der Waals surface area contributed by atoms with Gasteiger partial charge in [0.05, 0.1) is 72.5 Å². The monoisotopic (exact) mass is 821 g/mol. The lowest BCUT2D eigenvalue weighted by molar-refractivity contribution is -0.132. The number of para-hydroxylation sites is 1. The summed E-state index contributed by atoms with van der Waals surface area (Å²) in [6.45, 7) is 6.06. The summed E-state index contributed by atoms with van der Waals surface area (Å²) in [6.07, 6.45) is 5.38. The van der Waals surface area contributed by atoms with Gasteiger partial charge in [-0.2, -0.15) is 0 Å². The van der Waals surface area contributed by atoms with E-state index in [9.17, 15) is 14.4 Å². The Kier molecular flexibility index (Phi) is 12.6. The van der Waals surface area contributed by atoms with Gasteiger partial charge in [0.1, 0.15) is 11.4 Å². The number of aromatic nitrogens is 2. The van der Waals surface area contributed by atoms with Crippen molar-refractivity contribution in [2.24, 2.45) is 0 Å². The van der Waals surface area contributed by atoms with E-state index in [4.69, 9.17) is 38.1 Å². The van der Waals surface area contributed by atoms with E-state index in [0.717, 1.165) is 36.8 Å². The first kappa shape index (κ1) is 41.7. The van der Waals surface area contributed by atoms with Crippen molar-refractivity contribution >= 4 is 45.7 Å². The highest BCUT2D eigenvalue weighted by Gasteiger charge is 2.30. The second-order valence-electron chi connectivity index (χ2n) is 14.3. The van der Waals surface area contributed by atoms with E-state index >= 15 is 0 Å². The molecule has 2 aromatic heterocycles. The van der Waals surface area contributed by atoms with Crippen LogP contribution in [0.4, 0.5) is 0 Å². The Bertz CT molecular complexity index is 2420. The van der Waals surface area contributed by atoms with Crippen LogP contribution in [0.25, 0.3) is 44.8 Å². The van der Waals surface area contributed by atoms with Crippen molar-refractivity contribution in [2.45, 2.75) is 19.8 Å². The zero-order valence-corrected chi connectivity index (χ0v) is 35.2. The summed E-state index contributed by atoms with van der Waals surface area (Å²) in [6, 6.07) is 14.8. The number of benzene rings is 3. The number of carbonyl (C=O) groups is 3. The van der Waals surface area contributed by atoms with Crippen molar-refractivity contribution in [1.82, 2.24) is 24.3 Å². The van der Waals surface area contributed by atoms with Crippen molar-refractivity contribution in [1.29, 1.82) is 0 Å². The molecule has 2 aliphatic rings. The number of likely N-dealkylation sites (tertiary alicyclic amines) is 1. The molecule has 60 heavy (non-hydrogen) atoms. The van der Waals surface area contributed by atoms with E-state index in [0.29, 0.717) is 101 Å². The number of piperazine rings is 1. The third-order valence-electron chi connectivity index (χ3n) is 11.0. The molecule has 0 radical (unpaired) electrons. The minimum atomic E-state index is -0.588. The quantitative estimate of drug-likeness (QED) is 0.0979. The summed E-state index contributed by atoms with van der Waals surface area (Å²) < 4.78 is 42.5. The number of fused-ring (bicyclic) bond motifs is 3. The molecule has 0 atom stereocenters. The molecule has 7 rings (SSSR count). The van der Waals surface area contributed by atoms with Crippen LogP contribution in [0, 0.1) is 0 Å². The minimum absolute atomic E-state index is 0.0986. The molecule has 15 heteroatoms. The van der Waals surface area contributed by atoms with Crippen LogP contribution in [-0.2, 0) is 14.3 Å². The van der Waals surface area contributed by atoms with Gasteiger partial charge in [-0.25, -0.2) is 9.78 Å². The first-order valence-corrected chi connectivity index (χ1v) is 19.9. The Labute approximate surface area is 348 Å². The Morgan fingerprint density at radius 3 is 1.95 bits per heavy atom. The highest BCUT2D eigenvalue weighted by atomic mass is 16.5. The zero-order chi connectivity index (χ0) is 42.5. The highest BCUT2D eigenvalue weighted by Crippen LogP contribution is 2.49. The van der Waals surface area contributed by atoms with Crippen molar-refractivity contribution in [3.8, 4) is 51.4 Å². The largest absolute Gasteiger partial charge is 0.493 e. The molecular weight excluding hydrogens is 771 g/mol. The molecular formula is C45H51N5O10. The Hall–Kier alpha value is -6.48. The van der Waals surface area contributed by atoms with Crippen molar-refractivity contribution in [2.75, 3.05) is 95.1 Å². The molecule has 2 aliphatic heterocycles. The van der Waals surface area contributed by atoms with E-state index in [1.165, 1.54) is 35.5 Å². The third kappa shape index (κ3) is 7.84. The molecule has 0 unspecified atom stereocenters. The fourth-order valence-corrected chi connectivity index (χ4v) is 8.12. The summed E-state index contributed by atoms with van der Waals surface area (Å²) in [4.78, 5) is 51.0. The molecule has 0 spiro atoms. The van der Waals surface area contributed by atoms with E-state index in [1.807, 2.05) is 33.7 Å². The Morgan fingerprint density at radius 2 is 1.33 bits per heavy atom. The molecule has 0 saturated carbocycles. The van der Waals surface area contributed by atoms with Gasteiger partial charge in [0.2, 0.25) is 23.3 Å². The van der Waals surface area contributed by atoms with Crippen LogP contribution in [0.1, 0.15) is 35.8 Å². The van der Waals surface area contributed by atoms with Crippen LogP contribution >= 0.6 is 0 Å². The topological polar surface area (TPSA) is 143 Å². The predicted octanol–water partition coefficient (Wildman–Crippen LogP) is 5.85. The lowest BCUT2D eigenvalue weighted by Crippen LogP contribution is -2.51. The van der Waals surface area contributed by atoms with Crippen molar-refractivity contribution in [3.63, 3.8) is 0 Å². The number of methoxy groups -OCH3 is 6. The summed E-state index contributed by atoms with van der Waals surface area (Å²) in [5.74, 6) is 1.57. The fraction of sp³-hybridized carbons (Fsp3) is 0.378. The number of ether oxygens (including phenoxy) is 7. The lowest BCUT2D eigenvalue weighted by atomic mass is 10.0. The maximum absolute atomic E-state index is 13.9. The normalized spacial score (nSPS) is 14.5. The smallest absolute Gasteiger partial charge is 0.356 e. The second kappa shape index (κ2) is 18.2. The van der Waals surface area contributed by atoms with Gasteiger partial charge in [-0.05, 0) is 56.2 Å². The average molecular weight is 822 g/mol. The molecule has 2 fully saturated rings. The SMILES string of the molecule is CCOC(=O)c1cc2c3ccccc3n(-c3c(/C=C/C(=O)N4CCN(CC(=O)N5CCCC5)CC4)cc(OC)c(OC)c3OC)c2c(-c2cc(OC)c(OC)c(OC)c2)n1. The van der Waals surface area contributed by atoms with Gasteiger partial charge in [0.15, 0.2) is 23.0 Å². The molecule has 4 heterocycles. The van der Waals surface area contributed by atoms with Crippen LogP contribution in [0.3, 0.4) is 0 Å². The Balaban J connectivity index is 1.41. The van der Waals surface area contributed by atoms with Crippen LogP contribution < -0.4 is 28.4 Å². The molecule has 2 amide bonds. The molecule has 0 N–H and O–H groups in total. The van der Waals surface area contributed by atoms with Crippen molar-refractivity contribution < 1.29 is 47.5 Å². The fourth-order valence-electron chi connectivity index (χ4n) is 8.12. The number of pyridine rings is 1. The van der Waals surface area contributed by atoms with Crippen LogP contribution in [0.5, 0.6) is 34.5 Å². The second-order valence-corrected chi connectivity index (χ2v) is 14.3. The third-order valence-corrected chi connectivity index (χ3v) is 11.0. The minimum Gasteiger partial charge on any atom is -0.493 e. The highest BCUT2D eigenvalue weighted by molar-refractivity contribution is 6.15. The molecule has 0 aliphatic carbocycles. The number of carbonyl (C=O) groups excluding carboxylic acids is 3. The van der Waals surface area contributed by atoms with E-state index in [-0.39, 0.29) is 24.1 Å². The average Bonchev–Trinajstić information content (AvgIpc) is 3.94. The predicted molar refractivity (Wildman–Crippen MR) is 227 cm³/mol. The van der Waals surface area contributed by atoms with Crippen LogP contribution in [0.15, 0.2) is 54.6 Å². The number of nitrogens with zero attached hydrogens (tertiary/aromatic N) is 5. The van der Waals surface area contributed by atoms with E-state index < -0.39 is 5.97 Å². The lowest BCUT2D eigenvalue weighted by Gasteiger charge is -2.34. The molecule has 15 nitrogen and oxygen atoms in total. The van der Waals surface area contributed by atoms with Gasteiger partial charge >= 0.3 is 5.97 Å². The summed E-state index contributed by atoms with van der Waals surface area (Å²) in [7, 11) is 9.19. The maximum Gasteiger partial charge on any atom is 0.356 e. The van der Waals surface area contributed by atoms with Gasteiger partial charge in [0, 0.05) is 67.2 Å². The summed E-state index contributed by atoms with van der Waals surface area (Å²) >= 11 is 0. The standard InChI is InChI=1S/C45H51N5O10/c1-8-60-45(53)32-26-31-30-13-9-10-14-33(30)50(41(31)39(46-32)29-24-34(54-2)42(57-5)35(25-29)55-3)40-28(23-36(56-4)43(58-6)44(40)59-7)15-16-37(51)49-21-19-47(20-22-49)27-38(52)48-17-11-12-18-48/h9-10,13-16,23-26H,8,11-12,17-22,27H2,1-7H3/b16-15+. The van der Waals surface area contributed by atoms with Gasteiger partial charge in [-0.3, -0.25) is 14.5 Å². The number of esters is 1. The number of amides is 2. The van der Waals surface area contributed by atoms with Crippen LogP contribution in [-0.4, -0.2) is 137 Å². The maximum atomic E-state index is 13.9. The van der Waals surface area contributed by atoms with E-state index in [1.54, 1.807) is 55.4 Å². The van der Waals surface area contributed by atoms with Gasteiger partial charge in [0.25, 0.3) is 0 Å². The molecule has 0 bridgehead atoms. The Morgan fingerprint density at radius 1 is 0.700 bits per heavy atom. The first-order chi connectivity index (χ1) is 29.2. The van der Waals surface area contributed by atoms with E-state index in [2.05, 4.69) is 4.90 Å². The van der Waals surface area contributed by atoms with Crippen LogP contribution in [0.2, 0.25) is 0 Å². The summed E-state index contributed by atoms with van der Waals surface area (Å²) in [5.41, 5.74) is 3.49. The first-order valence-electron chi connectivity index (χ1n) is 19.9. The molecule has 3 aromatic carbocycles. The van der Waals surface area contributed by atoms with Gasteiger partial charge in [-0.1, -0.05) is 18.2 Å². The summed E-state index contributed by atoms with van der Waals surface area (Å²) in [5, 5.41) is 1.49.